The van der Waals surface area contributed by atoms with Crippen molar-refractivity contribution in [1.29, 1.82) is 0 Å². The largest absolute Gasteiger partial charge is 0.317 e. The molecule has 0 spiro atoms. The van der Waals surface area contributed by atoms with Crippen LogP contribution in [0.5, 0.6) is 0 Å². The van der Waals surface area contributed by atoms with Gasteiger partial charge in [-0.1, -0.05) is 37.3 Å². The van der Waals surface area contributed by atoms with Crippen molar-refractivity contribution in [2.45, 2.75) is 51.6 Å². The van der Waals surface area contributed by atoms with Gasteiger partial charge in [0.25, 0.3) is 0 Å². The number of aromatic nitrogens is 2. The Labute approximate surface area is 128 Å². The second kappa shape index (κ2) is 7.99. The van der Waals surface area contributed by atoms with Gasteiger partial charge in [0.1, 0.15) is 0 Å². The molecule has 3 nitrogen and oxygen atoms in total. The van der Waals surface area contributed by atoms with Crippen LogP contribution in [0, 0.1) is 0 Å². The zero-order valence-corrected chi connectivity index (χ0v) is 13.4. The van der Waals surface area contributed by atoms with Gasteiger partial charge in [-0.15, -0.1) is 0 Å². The maximum absolute atomic E-state index is 4.70. The summed E-state index contributed by atoms with van der Waals surface area (Å²) in [6.07, 6.45) is 6.46. The summed E-state index contributed by atoms with van der Waals surface area (Å²) in [5.41, 5.74) is 2.59. The van der Waals surface area contributed by atoms with Gasteiger partial charge in [-0.2, -0.15) is 5.10 Å². The molecule has 1 aromatic carbocycles. The molecule has 0 saturated carbocycles. The zero-order chi connectivity index (χ0) is 15.1. The first kappa shape index (κ1) is 15.8. The summed E-state index contributed by atoms with van der Waals surface area (Å²) < 4.78 is 2.08. The molecule has 0 aliphatic carbocycles. The molecule has 2 atom stereocenters. The highest BCUT2D eigenvalue weighted by atomic mass is 15.3. The van der Waals surface area contributed by atoms with Crippen LogP contribution in [0.25, 0.3) is 0 Å². The Morgan fingerprint density at radius 1 is 1.19 bits per heavy atom. The highest BCUT2D eigenvalue weighted by Gasteiger charge is 2.11. The second-order valence-corrected chi connectivity index (χ2v) is 5.76. The fraction of sp³-hybridized carbons (Fsp3) is 0.500. The van der Waals surface area contributed by atoms with Gasteiger partial charge < -0.3 is 5.32 Å². The van der Waals surface area contributed by atoms with Crippen LogP contribution in [0.2, 0.25) is 0 Å². The number of aryl methyl sites for hydroxylation is 1. The lowest BCUT2D eigenvalue weighted by Crippen LogP contribution is -2.28. The average Bonchev–Trinajstić information content (AvgIpc) is 3.00. The van der Waals surface area contributed by atoms with E-state index in [0.29, 0.717) is 12.1 Å². The molecule has 0 fully saturated rings. The van der Waals surface area contributed by atoms with E-state index in [9.17, 15) is 0 Å². The summed E-state index contributed by atoms with van der Waals surface area (Å²) in [7, 11) is 2.04. The van der Waals surface area contributed by atoms with Crippen molar-refractivity contribution in [2.24, 2.45) is 0 Å². The maximum Gasteiger partial charge on any atom is 0.0640 e. The predicted octanol–water partition coefficient (Wildman–Crippen LogP) is 3.62. The van der Waals surface area contributed by atoms with Crippen LogP contribution in [-0.4, -0.2) is 22.9 Å². The smallest absolute Gasteiger partial charge is 0.0640 e. The van der Waals surface area contributed by atoms with Gasteiger partial charge in [0, 0.05) is 24.7 Å². The monoisotopic (exact) mass is 285 g/mol. The van der Waals surface area contributed by atoms with E-state index in [1.54, 1.807) is 0 Å². The third kappa shape index (κ3) is 4.71. The zero-order valence-electron chi connectivity index (χ0n) is 13.4. The Balaban J connectivity index is 1.88. The van der Waals surface area contributed by atoms with Crippen LogP contribution in [0.15, 0.2) is 42.6 Å². The topological polar surface area (TPSA) is 29.9 Å². The van der Waals surface area contributed by atoms with Gasteiger partial charge in [0.2, 0.25) is 0 Å². The third-order valence-corrected chi connectivity index (χ3v) is 4.19. The molecule has 0 aliphatic heterocycles. The molecule has 1 aromatic heterocycles. The van der Waals surface area contributed by atoms with Crippen molar-refractivity contribution in [1.82, 2.24) is 15.1 Å². The Morgan fingerprint density at radius 3 is 2.62 bits per heavy atom. The van der Waals surface area contributed by atoms with E-state index in [4.69, 9.17) is 5.10 Å². The third-order valence-electron chi connectivity index (χ3n) is 4.19. The molecular weight excluding hydrogens is 258 g/mol. The van der Waals surface area contributed by atoms with Gasteiger partial charge in [-0.05, 0) is 44.9 Å². The molecule has 0 bridgehead atoms. The number of rotatable bonds is 8. The number of nitrogens with zero attached hydrogens (tertiary/aromatic N) is 2. The van der Waals surface area contributed by atoms with Gasteiger partial charge in [-0.3, -0.25) is 4.68 Å². The van der Waals surface area contributed by atoms with Crippen LogP contribution >= 0.6 is 0 Å². The maximum atomic E-state index is 4.70. The van der Waals surface area contributed by atoms with Crippen molar-refractivity contribution >= 4 is 0 Å². The van der Waals surface area contributed by atoms with Crippen molar-refractivity contribution in [3.05, 3.63) is 53.9 Å². The number of hydrogen-bond donors (Lipinski definition) is 1. The SMILES string of the molecule is CCC(C)n1ccc(CC(CCc2ccccc2)NC)n1. The van der Waals surface area contributed by atoms with Crippen LogP contribution in [0.3, 0.4) is 0 Å². The van der Waals surface area contributed by atoms with Crippen LogP contribution in [0.1, 0.15) is 44.0 Å². The summed E-state index contributed by atoms with van der Waals surface area (Å²) in [4.78, 5) is 0. The van der Waals surface area contributed by atoms with Gasteiger partial charge in [-0.25, -0.2) is 0 Å². The molecule has 2 rings (SSSR count). The first-order valence-corrected chi connectivity index (χ1v) is 7.98. The lowest BCUT2D eigenvalue weighted by Gasteiger charge is -2.15. The average molecular weight is 285 g/mol. The predicted molar refractivity (Wildman–Crippen MR) is 88.5 cm³/mol. The normalized spacial score (nSPS) is 14.0. The lowest BCUT2D eigenvalue weighted by atomic mass is 10.0. The molecule has 3 heteroatoms. The quantitative estimate of drug-likeness (QED) is 0.803. The fourth-order valence-electron chi connectivity index (χ4n) is 2.51. The molecule has 2 unspecified atom stereocenters. The molecule has 21 heavy (non-hydrogen) atoms. The first-order chi connectivity index (χ1) is 10.2. The molecule has 114 valence electrons. The lowest BCUT2D eigenvalue weighted by molar-refractivity contribution is 0.463. The molecular formula is C18H27N3. The van der Waals surface area contributed by atoms with Crippen molar-refractivity contribution in [3.8, 4) is 0 Å². The van der Waals surface area contributed by atoms with Crippen molar-refractivity contribution in [3.63, 3.8) is 0 Å². The summed E-state index contributed by atoms with van der Waals surface area (Å²) in [5.74, 6) is 0. The van der Waals surface area contributed by atoms with Crippen LogP contribution < -0.4 is 5.32 Å². The van der Waals surface area contributed by atoms with E-state index in [-0.39, 0.29) is 0 Å². The Kier molecular flexibility index (Phi) is 6.00. The van der Waals surface area contributed by atoms with Gasteiger partial charge in [0.05, 0.1) is 5.69 Å². The number of nitrogens with one attached hydrogen (secondary N) is 1. The van der Waals surface area contributed by atoms with Gasteiger partial charge in [0.15, 0.2) is 0 Å². The highest BCUT2D eigenvalue weighted by molar-refractivity contribution is 5.15. The Morgan fingerprint density at radius 2 is 1.95 bits per heavy atom. The molecule has 0 radical (unpaired) electrons. The minimum Gasteiger partial charge on any atom is -0.317 e. The van der Waals surface area contributed by atoms with Crippen molar-refractivity contribution in [2.75, 3.05) is 7.05 Å². The number of hydrogen-bond acceptors (Lipinski definition) is 2. The van der Waals surface area contributed by atoms with E-state index in [1.165, 1.54) is 11.3 Å². The van der Waals surface area contributed by atoms with E-state index in [2.05, 4.69) is 66.4 Å². The summed E-state index contributed by atoms with van der Waals surface area (Å²) >= 11 is 0. The molecule has 1 N–H and O–H groups in total. The van der Waals surface area contributed by atoms with E-state index >= 15 is 0 Å². The molecule has 2 aromatic rings. The van der Waals surface area contributed by atoms with Crippen LogP contribution in [-0.2, 0) is 12.8 Å². The highest BCUT2D eigenvalue weighted by Crippen LogP contribution is 2.12. The first-order valence-electron chi connectivity index (χ1n) is 7.98. The minimum atomic E-state index is 0.477. The molecule has 0 saturated heterocycles. The molecule has 0 amide bonds. The number of likely N-dealkylation sites (N-methyl/N-ethyl adjacent to an activating group) is 1. The summed E-state index contributed by atoms with van der Waals surface area (Å²) in [6, 6.07) is 13.8. The van der Waals surface area contributed by atoms with E-state index < -0.39 is 0 Å². The molecule has 0 aliphatic rings. The van der Waals surface area contributed by atoms with E-state index in [1.807, 2.05) is 7.05 Å². The number of benzene rings is 1. The van der Waals surface area contributed by atoms with Gasteiger partial charge >= 0.3 is 0 Å². The Hall–Kier alpha value is -1.61. The molecule has 1 heterocycles. The Bertz CT molecular complexity index is 518. The second-order valence-electron chi connectivity index (χ2n) is 5.76. The summed E-state index contributed by atoms with van der Waals surface area (Å²) in [6.45, 7) is 4.41. The van der Waals surface area contributed by atoms with E-state index in [0.717, 1.165) is 25.7 Å². The fourth-order valence-corrected chi connectivity index (χ4v) is 2.51. The minimum absolute atomic E-state index is 0.477. The van der Waals surface area contributed by atoms with Crippen LogP contribution in [0.4, 0.5) is 0 Å². The standard InChI is InChI=1S/C18H27N3/c1-4-15(2)21-13-12-18(20-21)14-17(19-3)11-10-16-8-6-5-7-9-16/h5-9,12-13,15,17,19H,4,10-11,14H2,1-3H3. The van der Waals surface area contributed by atoms with Crippen molar-refractivity contribution < 1.29 is 0 Å². The summed E-state index contributed by atoms with van der Waals surface area (Å²) in [5, 5.41) is 8.12.